The lowest BCUT2D eigenvalue weighted by Gasteiger charge is -2.11. The molecule has 0 bridgehead atoms. The Morgan fingerprint density at radius 2 is 1.79 bits per heavy atom. The molecule has 0 aliphatic carbocycles. The highest BCUT2D eigenvalue weighted by atomic mass is 16.5. The van der Waals surface area contributed by atoms with Gasteiger partial charge in [0.2, 0.25) is 0 Å². The van der Waals surface area contributed by atoms with Crippen molar-refractivity contribution in [3.63, 3.8) is 0 Å². The van der Waals surface area contributed by atoms with Crippen molar-refractivity contribution in [1.29, 1.82) is 0 Å². The molecule has 1 amide bonds. The van der Waals surface area contributed by atoms with Crippen LogP contribution in [-0.2, 0) is 11.3 Å². The minimum absolute atomic E-state index is 0.141. The molecule has 2 N–H and O–H groups in total. The molecule has 0 radical (unpaired) electrons. The number of H-pyrrole nitrogens is 1. The number of carbonyl (C=O) groups is 1. The van der Waals surface area contributed by atoms with Gasteiger partial charge < -0.3 is 24.5 Å². The van der Waals surface area contributed by atoms with Crippen molar-refractivity contribution in [2.45, 2.75) is 6.54 Å². The van der Waals surface area contributed by atoms with Crippen molar-refractivity contribution in [3.05, 3.63) is 62.8 Å². The van der Waals surface area contributed by atoms with Crippen LogP contribution >= 0.6 is 0 Å². The largest absolute Gasteiger partial charge is 0.493 e. The first-order valence-corrected chi connectivity index (χ1v) is 8.77. The lowest BCUT2D eigenvalue weighted by atomic mass is 10.1. The molecule has 9 nitrogen and oxygen atoms in total. The minimum atomic E-state index is -0.558. The summed E-state index contributed by atoms with van der Waals surface area (Å²) in [5, 5.41) is 3.06. The Morgan fingerprint density at radius 1 is 1.03 bits per heavy atom. The van der Waals surface area contributed by atoms with E-state index in [1.54, 1.807) is 18.2 Å². The molecule has 0 saturated carbocycles. The van der Waals surface area contributed by atoms with Crippen molar-refractivity contribution in [3.8, 4) is 11.5 Å². The van der Waals surface area contributed by atoms with Crippen LogP contribution in [0.15, 0.2) is 46.0 Å². The van der Waals surface area contributed by atoms with Gasteiger partial charge in [-0.25, -0.2) is 4.79 Å². The van der Waals surface area contributed by atoms with Crippen molar-refractivity contribution >= 4 is 22.5 Å². The van der Waals surface area contributed by atoms with E-state index in [1.165, 1.54) is 39.5 Å². The van der Waals surface area contributed by atoms with E-state index >= 15 is 0 Å². The van der Waals surface area contributed by atoms with Gasteiger partial charge in [-0.15, -0.1) is 0 Å². The number of carbonyl (C=O) groups excluding carboxylic acids is 1. The molecule has 0 saturated heterocycles. The zero-order valence-corrected chi connectivity index (χ0v) is 16.3. The molecule has 29 heavy (non-hydrogen) atoms. The third kappa shape index (κ3) is 4.14. The Kier molecular flexibility index (Phi) is 5.99. The highest BCUT2D eigenvalue weighted by molar-refractivity contribution is 6.06. The second-order valence-corrected chi connectivity index (χ2v) is 6.16. The van der Waals surface area contributed by atoms with Gasteiger partial charge in [-0.1, -0.05) is 0 Å². The van der Waals surface area contributed by atoms with Crippen LogP contribution in [-0.4, -0.2) is 43.4 Å². The van der Waals surface area contributed by atoms with E-state index in [4.69, 9.17) is 14.2 Å². The predicted molar refractivity (Wildman–Crippen MR) is 108 cm³/mol. The number of nitrogens with one attached hydrogen (secondary N) is 2. The quantitative estimate of drug-likeness (QED) is 0.624. The highest BCUT2D eigenvalue weighted by Gasteiger charge is 2.13. The zero-order valence-electron chi connectivity index (χ0n) is 16.3. The highest BCUT2D eigenvalue weighted by Crippen LogP contribution is 2.29. The van der Waals surface area contributed by atoms with Crippen molar-refractivity contribution in [2.24, 2.45) is 0 Å². The van der Waals surface area contributed by atoms with Gasteiger partial charge in [0.05, 0.1) is 38.3 Å². The normalized spacial score (nSPS) is 10.7. The summed E-state index contributed by atoms with van der Waals surface area (Å²) in [5.41, 5.74) is 0.0893. The lowest BCUT2D eigenvalue weighted by Crippen LogP contribution is -2.36. The first kappa shape index (κ1) is 20.2. The van der Waals surface area contributed by atoms with E-state index in [0.29, 0.717) is 22.6 Å². The van der Waals surface area contributed by atoms with Gasteiger partial charge in [0, 0.05) is 24.4 Å². The Hall–Kier alpha value is -3.59. The maximum absolute atomic E-state index is 12.6. The molecule has 0 unspecified atom stereocenters. The van der Waals surface area contributed by atoms with Gasteiger partial charge in [0.25, 0.3) is 11.5 Å². The molecule has 0 spiro atoms. The Balaban J connectivity index is 1.91. The number of aromatic nitrogens is 2. The molecule has 1 aromatic heterocycles. The van der Waals surface area contributed by atoms with Gasteiger partial charge in [0.1, 0.15) is 0 Å². The van der Waals surface area contributed by atoms with E-state index < -0.39 is 17.2 Å². The summed E-state index contributed by atoms with van der Waals surface area (Å²) < 4.78 is 16.4. The first-order valence-electron chi connectivity index (χ1n) is 8.77. The monoisotopic (exact) mass is 399 g/mol. The van der Waals surface area contributed by atoms with E-state index in [2.05, 4.69) is 10.3 Å². The lowest BCUT2D eigenvalue weighted by molar-refractivity contribution is 0.102. The maximum atomic E-state index is 12.6. The number of benzene rings is 2. The third-order valence-electron chi connectivity index (χ3n) is 4.40. The molecule has 0 aliphatic heterocycles. The molecule has 0 atom stereocenters. The fourth-order valence-electron chi connectivity index (χ4n) is 2.90. The van der Waals surface area contributed by atoms with Crippen LogP contribution in [0.3, 0.4) is 0 Å². The number of aromatic amines is 1. The Bertz CT molecular complexity index is 1170. The fourth-order valence-corrected chi connectivity index (χ4v) is 2.90. The minimum Gasteiger partial charge on any atom is -0.493 e. The second kappa shape index (κ2) is 8.61. The standard InChI is InChI=1S/C20H21N3O6/c1-27-9-8-23-19(25)14-6-4-12(10-15(14)22-20(23)26)18(24)21-13-5-7-16(28-2)17(11-13)29-3/h4-7,10-11H,8-9H2,1-3H3,(H,21,24)(H,22,26). The van der Waals surface area contributed by atoms with Crippen LogP contribution in [0.25, 0.3) is 10.9 Å². The molecule has 1 heterocycles. The van der Waals surface area contributed by atoms with Crippen LogP contribution in [0.4, 0.5) is 5.69 Å². The topological polar surface area (TPSA) is 112 Å². The number of methoxy groups -OCH3 is 3. The summed E-state index contributed by atoms with van der Waals surface area (Å²) in [6, 6.07) is 9.49. The van der Waals surface area contributed by atoms with Crippen molar-refractivity contribution < 1.29 is 19.0 Å². The van der Waals surface area contributed by atoms with E-state index in [9.17, 15) is 14.4 Å². The van der Waals surface area contributed by atoms with Crippen LogP contribution in [0.1, 0.15) is 10.4 Å². The first-order chi connectivity index (χ1) is 14.0. The van der Waals surface area contributed by atoms with Gasteiger partial charge >= 0.3 is 5.69 Å². The SMILES string of the molecule is COCCn1c(=O)[nH]c2cc(C(=O)Nc3ccc(OC)c(OC)c3)ccc2c1=O. The van der Waals surface area contributed by atoms with Crippen molar-refractivity contribution in [1.82, 2.24) is 9.55 Å². The average molecular weight is 399 g/mol. The van der Waals surface area contributed by atoms with Crippen LogP contribution in [0.5, 0.6) is 11.5 Å². The number of ether oxygens (including phenoxy) is 3. The number of amides is 1. The summed E-state index contributed by atoms with van der Waals surface area (Å²) in [7, 11) is 4.52. The van der Waals surface area contributed by atoms with Crippen LogP contribution in [0, 0.1) is 0 Å². The van der Waals surface area contributed by atoms with Gasteiger partial charge in [0.15, 0.2) is 11.5 Å². The second-order valence-electron chi connectivity index (χ2n) is 6.16. The van der Waals surface area contributed by atoms with E-state index in [-0.39, 0.29) is 24.2 Å². The average Bonchev–Trinajstić information content (AvgIpc) is 2.73. The summed E-state index contributed by atoms with van der Waals surface area (Å²) >= 11 is 0. The summed E-state index contributed by atoms with van der Waals surface area (Å²) in [4.78, 5) is 40.0. The number of anilines is 1. The maximum Gasteiger partial charge on any atom is 0.328 e. The molecule has 9 heteroatoms. The van der Waals surface area contributed by atoms with E-state index in [1.807, 2.05) is 0 Å². The van der Waals surface area contributed by atoms with Crippen LogP contribution in [0.2, 0.25) is 0 Å². The van der Waals surface area contributed by atoms with Gasteiger partial charge in [-0.05, 0) is 30.3 Å². The molecule has 152 valence electrons. The number of rotatable bonds is 7. The molecule has 3 aromatic rings. The number of fused-ring (bicyclic) bond motifs is 1. The van der Waals surface area contributed by atoms with Gasteiger partial charge in [-0.2, -0.15) is 0 Å². The molecule has 0 fully saturated rings. The summed E-state index contributed by atoms with van der Waals surface area (Å²) in [6.45, 7) is 0.377. The third-order valence-corrected chi connectivity index (χ3v) is 4.40. The summed E-state index contributed by atoms with van der Waals surface area (Å²) in [5.74, 6) is 0.617. The fraction of sp³-hybridized carbons (Fsp3) is 0.250. The Morgan fingerprint density at radius 3 is 2.48 bits per heavy atom. The van der Waals surface area contributed by atoms with Crippen LogP contribution < -0.4 is 26.0 Å². The Labute approximate surface area is 165 Å². The molecule has 3 rings (SSSR count). The zero-order chi connectivity index (χ0) is 21.0. The molecular formula is C20H21N3O6. The number of hydrogen-bond acceptors (Lipinski definition) is 6. The molecular weight excluding hydrogens is 378 g/mol. The van der Waals surface area contributed by atoms with E-state index in [0.717, 1.165) is 4.57 Å². The number of nitrogens with zero attached hydrogens (tertiary/aromatic N) is 1. The number of hydrogen-bond donors (Lipinski definition) is 2. The van der Waals surface area contributed by atoms with Gasteiger partial charge in [-0.3, -0.25) is 14.2 Å². The molecule has 2 aromatic carbocycles. The smallest absolute Gasteiger partial charge is 0.328 e. The molecule has 0 aliphatic rings. The van der Waals surface area contributed by atoms with Crippen molar-refractivity contribution in [2.75, 3.05) is 33.3 Å². The summed E-state index contributed by atoms with van der Waals surface area (Å²) in [6.07, 6.45) is 0. The predicted octanol–water partition coefficient (Wildman–Crippen LogP) is 1.61.